The maximum Gasteiger partial charge on any atom is 0.171 e. The summed E-state index contributed by atoms with van der Waals surface area (Å²) in [5.41, 5.74) is 3.27. The van der Waals surface area contributed by atoms with Crippen LogP contribution in [0.15, 0.2) is 42.5 Å². The number of thiocarbonyl (C=S) groups is 1. The molecule has 0 amide bonds. The summed E-state index contributed by atoms with van der Waals surface area (Å²) < 4.78 is 11.2. The van der Waals surface area contributed by atoms with Gasteiger partial charge in [-0.1, -0.05) is 24.3 Å². The van der Waals surface area contributed by atoms with Crippen LogP contribution in [0.1, 0.15) is 24.1 Å². The molecule has 0 saturated heterocycles. The van der Waals surface area contributed by atoms with Crippen LogP contribution in [0.2, 0.25) is 0 Å². The molecule has 0 saturated carbocycles. The van der Waals surface area contributed by atoms with E-state index in [1.54, 1.807) is 0 Å². The number of hydrogen-bond donors (Lipinski definition) is 2. The van der Waals surface area contributed by atoms with Crippen molar-refractivity contribution in [2.24, 2.45) is 0 Å². The number of hydrogen-bond acceptors (Lipinski definition) is 3. The van der Waals surface area contributed by atoms with Crippen LogP contribution in [0.25, 0.3) is 0 Å². The van der Waals surface area contributed by atoms with Crippen molar-refractivity contribution in [3.63, 3.8) is 0 Å². The Kier molecular flexibility index (Phi) is 4.67. The molecule has 2 N–H and O–H groups in total. The van der Waals surface area contributed by atoms with E-state index in [0.29, 0.717) is 18.3 Å². The van der Waals surface area contributed by atoms with Gasteiger partial charge in [-0.2, -0.15) is 0 Å². The van der Waals surface area contributed by atoms with Gasteiger partial charge in [0.2, 0.25) is 0 Å². The lowest BCUT2D eigenvalue weighted by Crippen LogP contribution is -2.31. The molecule has 1 atom stereocenters. The van der Waals surface area contributed by atoms with E-state index in [4.69, 9.17) is 21.7 Å². The van der Waals surface area contributed by atoms with Crippen molar-refractivity contribution < 1.29 is 9.47 Å². The van der Waals surface area contributed by atoms with Gasteiger partial charge < -0.3 is 20.1 Å². The largest absolute Gasteiger partial charge is 0.486 e. The summed E-state index contributed by atoms with van der Waals surface area (Å²) in [6.45, 7) is 5.31. The molecular weight excluding hydrogens is 308 g/mol. The average Bonchev–Trinajstić information content (AvgIpc) is 2.56. The fourth-order valence-electron chi connectivity index (χ4n) is 2.48. The highest BCUT2D eigenvalue weighted by molar-refractivity contribution is 7.80. The molecule has 1 heterocycles. The standard InChI is InChI=1S/C18H20N2O2S/c1-12-5-3-4-6-15(12)20-18(23)19-13(2)14-7-8-16-17(11-14)22-10-9-21-16/h3-8,11,13H,9-10H2,1-2H3,(H2,19,20,23)/t13-/m1/s1. The minimum Gasteiger partial charge on any atom is -0.486 e. The summed E-state index contributed by atoms with van der Waals surface area (Å²) in [6.07, 6.45) is 0. The number of anilines is 1. The van der Waals surface area contributed by atoms with E-state index in [2.05, 4.69) is 30.5 Å². The van der Waals surface area contributed by atoms with Gasteiger partial charge in [-0.15, -0.1) is 0 Å². The Hall–Kier alpha value is -2.27. The van der Waals surface area contributed by atoms with E-state index in [1.165, 1.54) is 0 Å². The van der Waals surface area contributed by atoms with Crippen molar-refractivity contribution in [3.8, 4) is 11.5 Å². The molecule has 2 aromatic carbocycles. The Labute approximate surface area is 141 Å². The molecule has 0 bridgehead atoms. The Bertz CT molecular complexity index is 718. The number of aryl methyl sites for hydroxylation is 1. The van der Waals surface area contributed by atoms with Crippen LogP contribution in [-0.4, -0.2) is 18.3 Å². The normalized spacial score (nSPS) is 14.0. The fourth-order valence-corrected chi connectivity index (χ4v) is 2.77. The Morgan fingerprint density at radius 1 is 1.09 bits per heavy atom. The maximum absolute atomic E-state index is 5.63. The summed E-state index contributed by atoms with van der Waals surface area (Å²) in [4.78, 5) is 0. The van der Waals surface area contributed by atoms with E-state index in [1.807, 2.05) is 36.4 Å². The third kappa shape index (κ3) is 3.74. The number of rotatable bonds is 3. The zero-order valence-corrected chi connectivity index (χ0v) is 14.1. The second kappa shape index (κ2) is 6.87. The van der Waals surface area contributed by atoms with Crippen LogP contribution in [-0.2, 0) is 0 Å². The molecule has 0 unspecified atom stereocenters. The molecular formula is C18H20N2O2S. The molecule has 23 heavy (non-hydrogen) atoms. The molecule has 0 spiro atoms. The maximum atomic E-state index is 5.63. The third-order valence-corrected chi connectivity index (χ3v) is 4.03. The second-order valence-corrected chi connectivity index (χ2v) is 5.95. The van der Waals surface area contributed by atoms with Crippen molar-refractivity contribution in [1.82, 2.24) is 5.32 Å². The van der Waals surface area contributed by atoms with Gasteiger partial charge in [0.25, 0.3) is 0 Å². The van der Waals surface area contributed by atoms with E-state index < -0.39 is 0 Å². The van der Waals surface area contributed by atoms with Gasteiger partial charge in [0, 0.05) is 5.69 Å². The first-order valence-electron chi connectivity index (χ1n) is 7.66. The molecule has 120 valence electrons. The van der Waals surface area contributed by atoms with Gasteiger partial charge in [-0.25, -0.2) is 0 Å². The van der Waals surface area contributed by atoms with Crippen molar-refractivity contribution in [3.05, 3.63) is 53.6 Å². The summed E-state index contributed by atoms with van der Waals surface area (Å²) in [5.74, 6) is 1.59. The number of nitrogens with one attached hydrogen (secondary N) is 2. The molecule has 3 rings (SSSR count). The highest BCUT2D eigenvalue weighted by Crippen LogP contribution is 2.32. The highest BCUT2D eigenvalue weighted by Gasteiger charge is 2.15. The lowest BCUT2D eigenvalue weighted by molar-refractivity contribution is 0.171. The van der Waals surface area contributed by atoms with Crippen LogP contribution in [0, 0.1) is 6.92 Å². The van der Waals surface area contributed by atoms with Crippen LogP contribution in [0.4, 0.5) is 5.69 Å². The van der Waals surface area contributed by atoms with Crippen LogP contribution in [0.5, 0.6) is 11.5 Å². The van der Waals surface area contributed by atoms with E-state index in [9.17, 15) is 0 Å². The molecule has 2 aromatic rings. The van der Waals surface area contributed by atoms with E-state index in [-0.39, 0.29) is 6.04 Å². The topological polar surface area (TPSA) is 42.5 Å². The molecule has 0 fully saturated rings. The quantitative estimate of drug-likeness (QED) is 0.839. The minimum absolute atomic E-state index is 0.0647. The Morgan fingerprint density at radius 3 is 2.61 bits per heavy atom. The number of fused-ring (bicyclic) bond motifs is 1. The predicted molar refractivity (Wildman–Crippen MR) is 96.4 cm³/mol. The third-order valence-electron chi connectivity index (χ3n) is 3.81. The molecule has 5 heteroatoms. The summed E-state index contributed by atoms with van der Waals surface area (Å²) in [5, 5.41) is 7.14. The smallest absolute Gasteiger partial charge is 0.171 e. The first-order chi connectivity index (χ1) is 11.1. The number of para-hydroxylation sites is 1. The van der Waals surface area contributed by atoms with Crippen LogP contribution < -0.4 is 20.1 Å². The second-order valence-electron chi connectivity index (χ2n) is 5.54. The average molecular weight is 328 g/mol. The molecule has 4 nitrogen and oxygen atoms in total. The zero-order chi connectivity index (χ0) is 16.2. The number of benzene rings is 2. The van der Waals surface area contributed by atoms with E-state index in [0.717, 1.165) is 28.3 Å². The van der Waals surface area contributed by atoms with Gasteiger partial charge >= 0.3 is 0 Å². The molecule has 1 aliphatic rings. The summed E-state index contributed by atoms with van der Waals surface area (Å²) >= 11 is 5.41. The predicted octanol–water partition coefficient (Wildman–Crippen LogP) is 3.81. The Morgan fingerprint density at radius 2 is 1.83 bits per heavy atom. The van der Waals surface area contributed by atoms with E-state index >= 15 is 0 Å². The summed E-state index contributed by atoms with van der Waals surface area (Å²) in [7, 11) is 0. The number of ether oxygens (including phenoxy) is 2. The van der Waals surface area contributed by atoms with Gasteiger partial charge in [-0.3, -0.25) is 0 Å². The van der Waals surface area contributed by atoms with Crippen molar-refractivity contribution in [2.45, 2.75) is 19.9 Å². The molecule has 0 aromatic heterocycles. The lowest BCUT2D eigenvalue weighted by atomic mass is 10.1. The van der Waals surface area contributed by atoms with Crippen molar-refractivity contribution >= 4 is 23.0 Å². The van der Waals surface area contributed by atoms with Crippen LogP contribution >= 0.6 is 12.2 Å². The van der Waals surface area contributed by atoms with Crippen molar-refractivity contribution in [2.75, 3.05) is 18.5 Å². The highest BCUT2D eigenvalue weighted by atomic mass is 32.1. The Balaban J connectivity index is 1.65. The van der Waals surface area contributed by atoms with Gasteiger partial charge in [-0.05, 0) is 55.4 Å². The SMILES string of the molecule is Cc1ccccc1NC(=S)N[C@H](C)c1ccc2c(c1)OCCO2. The van der Waals surface area contributed by atoms with Crippen molar-refractivity contribution in [1.29, 1.82) is 0 Å². The molecule has 1 aliphatic heterocycles. The van der Waals surface area contributed by atoms with Gasteiger partial charge in [0.1, 0.15) is 13.2 Å². The minimum atomic E-state index is 0.0647. The molecule has 0 radical (unpaired) electrons. The lowest BCUT2D eigenvalue weighted by Gasteiger charge is -2.22. The summed E-state index contributed by atoms with van der Waals surface area (Å²) in [6, 6.07) is 14.1. The zero-order valence-electron chi connectivity index (χ0n) is 13.3. The molecule has 0 aliphatic carbocycles. The van der Waals surface area contributed by atoms with Gasteiger partial charge in [0.15, 0.2) is 16.6 Å². The monoisotopic (exact) mass is 328 g/mol. The first-order valence-corrected chi connectivity index (χ1v) is 8.07. The van der Waals surface area contributed by atoms with Gasteiger partial charge in [0.05, 0.1) is 6.04 Å². The fraction of sp³-hybridized carbons (Fsp3) is 0.278. The van der Waals surface area contributed by atoms with Crippen LogP contribution in [0.3, 0.4) is 0 Å². The first kappa shape index (κ1) is 15.6.